The molecule has 5 nitrogen and oxygen atoms in total. The minimum atomic E-state index is -0.443. The van der Waals surface area contributed by atoms with E-state index < -0.39 is 5.97 Å². The van der Waals surface area contributed by atoms with Crippen LogP contribution in [0.15, 0.2) is 24.3 Å². The number of rotatable bonds is 2. The molecular formula is C12H11NO4. The Hall–Kier alpha value is -2.17. The van der Waals surface area contributed by atoms with Crippen molar-refractivity contribution in [2.45, 2.75) is 19.8 Å². The summed E-state index contributed by atoms with van der Waals surface area (Å²) >= 11 is 0. The van der Waals surface area contributed by atoms with Crippen LogP contribution < -0.4 is 9.64 Å². The number of ether oxygens (including phenoxy) is 1. The van der Waals surface area contributed by atoms with E-state index in [0.29, 0.717) is 11.4 Å². The molecule has 88 valence electrons. The van der Waals surface area contributed by atoms with Crippen molar-refractivity contribution in [3.05, 3.63) is 24.3 Å². The monoisotopic (exact) mass is 233 g/mol. The lowest BCUT2D eigenvalue weighted by molar-refractivity contribution is -0.131. The maximum absolute atomic E-state index is 11.5. The number of hydrogen-bond donors (Lipinski definition) is 0. The number of benzene rings is 1. The summed E-state index contributed by atoms with van der Waals surface area (Å²) in [7, 11) is 0. The zero-order valence-corrected chi connectivity index (χ0v) is 9.30. The van der Waals surface area contributed by atoms with Crippen LogP contribution in [0.2, 0.25) is 0 Å². The number of nitrogens with zero attached hydrogens (tertiary/aromatic N) is 1. The maximum Gasteiger partial charge on any atom is 0.308 e. The van der Waals surface area contributed by atoms with Crippen molar-refractivity contribution in [1.29, 1.82) is 0 Å². The van der Waals surface area contributed by atoms with Gasteiger partial charge < -0.3 is 4.74 Å². The van der Waals surface area contributed by atoms with Crippen LogP contribution in [0.5, 0.6) is 5.75 Å². The summed E-state index contributed by atoms with van der Waals surface area (Å²) in [6, 6.07) is 6.36. The highest BCUT2D eigenvalue weighted by Crippen LogP contribution is 2.26. The molecule has 5 heteroatoms. The van der Waals surface area contributed by atoms with Crippen molar-refractivity contribution in [2.75, 3.05) is 4.90 Å². The topological polar surface area (TPSA) is 63.7 Å². The van der Waals surface area contributed by atoms with Crippen molar-refractivity contribution < 1.29 is 19.1 Å². The fourth-order valence-electron chi connectivity index (χ4n) is 1.72. The summed E-state index contributed by atoms with van der Waals surface area (Å²) in [5.74, 6) is -0.575. The highest BCUT2D eigenvalue weighted by Gasteiger charge is 2.30. The Morgan fingerprint density at radius 1 is 1.24 bits per heavy atom. The Labute approximate surface area is 98.0 Å². The molecule has 17 heavy (non-hydrogen) atoms. The van der Waals surface area contributed by atoms with Crippen molar-refractivity contribution in [1.82, 2.24) is 0 Å². The number of carbonyl (C=O) groups is 3. The molecule has 1 aromatic rings. The van der Waals surface area contributed by atoms with Crippen LogP contribution in [0.3, 0.4) is 0 Å². The first-order valence-corrected chi connectivity index (χ1v) is 5.22. The summed E-state index contributed by atoms with van der Waals surface area (Å²) < 4.78 is 4.90. The molecule has 0 N–H and O–H groups in total. The van der Waals surface area contributed by atoms with Gasteiger partial charge in [0.15, 0.2) is 0 Å². The number of esters is 1. The first-order valence-electron chi connectivity index (χ1n) is 5.22. The average Bonchev–Trinajstić information content (AvgIpc) is 2.58. The normalized spacial score (nSPS) is 15.2. The van der Waals surface area contributed by atoms with Gasteiger partial charge in [-0.3, -0.25) is 19.3 Å². The SMILES string of the molecule is CC(=O)Oc1cccc(N2C(=O)CCC2=O)c1. The molecule has 0 radical (unpaired) electrons. The third-order valence-electron chi connectivity index (χ3n) is 2.39. The third-order valence-corrected chi connectivity index (χ3v) is 2.39. The lowest BCUT2D eigenvalue weighted by atomic mass is 10.3. The summed E-state index contributed by atoms with van der Waals surface area (Å²) in [5, 5.41) is 0. The molecule has 2 rings (SSSR count). The third kappa shape index (κ3) is 2.33. The van der Waals surface area contributed by atoms with E-state index in [2.05, 4.69) is 0 Å². The molecular weight excluding hydrogens is 222 g/mol. The fraction of sp³-hybridized carbons (Fsp3) is 0.250. The second-order valence-corrected chi connectivity index (χ2v) is 3.71. The lowest BCUT2D eigenvalue weighted by Gasteiger charge is -2.14. The van der Waals surface area contributed by atoms with E-state index in [-0.39, 0.29) is 24.7 Å². The standard InChI is InChI=1S/C12H11NO4/c1-8(14)17-10-4-2-3-9(7-10)13-11(15)5-6-12(13)16/h2-4,7H,5-6H2,1H3. The molecule has 0 atom stereocenters. The van der Waals surface area contributed by atoms with Crippen molar-refractivity contribution in [3.63, 3.8) is 0 Å². The van der Waals surface area contributed by atoms with Gasteiger partial charge in [0, 0.05) is 25.8 Å². The quantitative estimate of drug-likeness (QED) is 0.438. The predicted octanol–water partition coefficient (Wildman–Crippen LogP) is 1.27. The van der Waals surface area contributed by atoms with Crippen LogP contribution in [0.1, 0.15) is 19.8 Å². The Kier molecular flexibility index (Phi) is 2.91. The van der Waals surface area contributed by atoms with Gasteiger partial charge in [0.1, 0.15) is 5.75 Å². The van der Waals surface area contributed by atoms with Gasteiger partial charge in [-0.1, -0.05) is 6.07 Å². The smallest absolute Gasteiger partial charge is 0.308 e. The van der Waals surface area contributed by atoms with Gasteiger partial charge in [-0.05, 0) is 12.1 Å². The van der Waals surface area contributed by atoms with E-state index in [9.17, 15) is 14.4 Å². The van der Waals surface area contributed by atoms with Crippen LogP contribution >= 0.6 is 0 Å². The summed E-state index contributed by atoms with van der Waals surface area (Å²) in [6.07, 6.45) is 0.466. The summed E-state index contributed by atoms with van der Waals surface area (Å²) in [5.41, 5.74) is 0.441. The molecule has 0 aromatic heterocycles. The highest BCUT2D eigenvalue weighted by atomic mass is 16.5. The number of hydrogen-bond acceptors (Lipinski definition) is 4. The van der Waals surface area contributed by atoms with E-state index in [1.165, 1.54) is 13.0 Å². The molecule has 1 aromatic carbocycles. The van der Waals surface area contributed by atoms with E-state index >= 15 is 0 Å². The predicted molar refractivity (Wildman–Crippen MR) is 59.5 cm³/mol. The van der Waals surface area contributed by atoms with Gasteiger partial charge in [-0.2, -0.15) is 0 Å². The minimum absolute atomic E-state index is 0.227. The van der Waals surface area contributed by atoms with E-state index in [4.69, 9.17) is 4.74 Å². The molecule has 0 bridgehead atoms. The Balaban J connectivity index is 2.29. The molecule has 0 spiro atoms. The molecule has 1 aliphatic rings. The van der Waals surface area contributed by atoms with Gasteiger partial charge in [-0.15, -0.1) is 0 Å². The van der Waals surface area contributed by atoms with Crippen LogP contribution in [0.4, 0.5) is 5.69 Å². The fourth-order valence-corrected chi connectivity index (χ4v) is 1.72. The van der Waals surface area contributed by atoms with Crippen LogP contribution in [0, 0.1) is 0 Å². The zero-order chi connectivity index (χ0) is 12.4. The van der Waals surface area contributed by atoms with Gasteiger partial charge >= 0.3 is 5.97 Å². The number of anilines is 1. The first kappa shape index (κ1) is 11.3. The van der Waals surface area contributed by atoms with Crippen molar-refractivity contribution >= 4 is 23.5 Å². The molecule has 0 saturated carbocycles. The van der Waals surface area contributed by atoms with Crippen LogP contribution in [-0.4, -0.2) is 17.8 Å². The number of amides is 2. The number of imide groups is 1. The molecule has 1 fully saturated rings. The van der Waals surface area contributed by atoms with Crippen LogP contribution in [0.25, 0.3) is 0 Å². The van der Waals surface area contributed by atoms with E-state index in [1.54, 1.807) is 18.2 Å². The average molecular weight is 233 g/mol. The van der Waals surface area contributed by atoms with Gasteiger partial charge in [0.2, 0.25) is 11.8 Å². The first-order chi connectivity index (χ1) is 8.08. The Bertz CT molecular complexity index is 479. The van der Waals surface area contributed by atoms with Gasteiger partial charge in [0.05, 0.1) is 5.69 Å². The Morgan fingerprint density at radius 2 is 1.88 bits per heavy atom. The zero-order valence-electron chi connectivity index (χ0n) is 9.30. The second-order valence-electron chi connectivity index (χ2n) is 3.71. The maximum atomic E-state index is 11.5. The molecule has 1 saturated heterocycles. The number of carbonyl (C=O) groups excluding carboxylic acids is 3. The molecule has 1 heterocycles. The largest absolute Gasteiger partial charge is 0.427 e. The second kappa shape index (κ2) is 4.37. The minimum Gasteiger partial charge on any atom is -0.427 e. The van der Waals surface area contributed by atoms with Crippen molar-refractivity contribution in [3.8, 4) is 5.75 Å². The highest BCUT2D eigenvalue weighted by molar-refractivity contribution is 6.19. The summed E-state index contributed by atoms with van der Waals surface area (Å²) in [4.78, 5) is 35.0. The molecule has 0 aliphatic carbocycles. The molecule has 2 amide bonds. The van der Waals surface area contributed by atoms with Gasteiger partial charge in [0.25, 0.3) is 0 Å². The summed E-state index contributed by atoms with van der Waals surface area (Å²) in [6.45, 7) is 1.29. The van der Waals surface area contributed by atoms with E-state index in [0.717, 1.165) is 4.90 Å². The Morgan fingerprint density at radius 3 is 2.47 bits per heavy atom. The van der Waals surface area contributed by atoms with Gasteiger partial charge in [-0.25, -0.2) is 0 Å². The molecule has 1 aliphatic heterocycles. The van der Waals surface area contributed by atoms with Crippen LogP contribution in [-0.2, 0) is 14.4 Å². The van der Waals surface area contributed by atoms with Crippen molar-refractivity contribution in [2.24, 2.45) is 0 Å². The lowest BCUT2D eigenvalue weighted by Crippen LogP contribution is -2.28. The van der Waals surface area contributed by atoms with E-state index in [1.807, 2.05) is 0 Å². The molecule has 0 unspecified atom stereocenters.